The number of furan rings is 1. The third kappa shape index (κ3) is 6.79. The van der Waals surface area contributed by atoms with Crippen LogP contribution >= 0.6 is 0 Å². The number of hydrogen-bond acceptors (Lipinski definition) is 6. The summed E-state index contributed by atoms with van der Waals surface area (Å²) in [6, 6.07) is 19.2. The molecule has 1 heterocycles. The Kier molecular flexibility index (Phi) is 7.63. The van der Waals surface area contributed by atoms with E-state index in [1.807, 2.05) is 0 Å². The molecule has 11 heteroatoms. The molecule has 1 aromatic heterocycles. The first-order valence-corrected chi connectivity index (χ1v) is 11.1. The summed E-state index contributed by atoms with van der Waals surface area (Å²) in [6.07, 6.45) is -4.77. The second kappa shape index (κ2) is 11.0. The predicted octanol–water partition coefficient (Wildman–Crippen LogP) is 5.11. The molecule has 0 aliphatic rings. The number of carbonyl (C=O) groups is 2. The number of benzene rings is 3. The van der Waals surface area contributed by atoms with Gasteiger partial charge in [-0.2, -0.15) is 0 Å². The molecule has 0 saturated carbocycles. The molecule has 4 rings (SSSR count). The number of halogens is 3. The Bertz CT molecular complexity index is 1400. The highest BCUT2D eigenvalue weighted by Gasteiger charge is 2.29. The Hall–Kier alpha value is -4.51. The molecule has 0 aliphatic carbocycles. The molecule has 0 aliphatic heterocycles. The van der Waals surface area contributed by atoms with Gasteiger partial charge in [0.1, 0.15) is 17.9 Å². The standard InChI is InChI=1S/C26H22F3N3O5/c27-26(28,29)36-15-17-4-3-7-22-19(17)14-23(37-22)25(34)31-12-13-35-18-10-8-16(9-11-18)24(33)32-21-6-2-1-5-20(21)30/h1-11,14H,12-13,15,30H2,(H,31,34)(H,32,33). The zero-order valence-electron chi connectivity index (χ0n) is 19.3. The zero-order chi connectivity index (χ0) is 26.4. The Morgan fingerprint density at radius 3 is 2.43 bits per heavy atom. The van der Waals surface area contributed by atoms with E-state index in [0.717, 1.165) is 0 Å². The molecular weight excluding hydrogens is 491 g/mol. The average molecular weight is 513 g/mol. The Morgan fingerprint density at radius 1 is 0.946 bits per heavy atom. The molecule has 0 spiro atoms. The van der Waals surface area contributed by atoms with Crippen LogP contribution in [0.25, 0.3) is 11.0 Å². The van der Waals surface area contributed by atoms with Gasteiger partial charge in [0.2, 0.25) is 0 Å². The van der Waals surface area contributed by atoms with Gasteiger partial charge in [0.25, 0.3) is 11.8 Å². The molecule has 0 saturated heterocycles. The monoisotopic (exact) mass is 513 g/mol. The van der Waals surface area contributed by atoms with Crippen LogP contribution in [-0.2, 0) is 11.3 Å². The van der Waals surface area contributed by atoms with Gasteiger partial charge in [-0.1, -0.05) is 24.3 Å². The van der Waals surface area contributed by atoms with Crippen molar-refractivity contribution >= 4 is 34.2 Å². The first kappa shape index (κ1) is 25.6. The largest absolute Gasteiger partial charge is 0.522 e. The number of para-hydroxylation sites is 2. The van der Waals surface area contributed by atoms with E-state index in [1.165, 1.54) is 18.2 Å². The molecule has 0 atom stereocenters. The van der Waals surface area contributed by atoms with Crippen molar-refractivity contribution in [2.45, 2.75) is 13.0 Å². The van der Waals surface area contributed by atoms with Crippen LogP contribution in [0.2, 0.25) is 0 Å². The van der Waals surface area contributed by atoms with Crippen LogP contribution in [0, 0.1) is 0 Å². The Morgan fingerprint density at radius 2 is 1.70 bits per heavy atom. The lowest BCUT2D eigenvalue weighted by atomic mass is 10.1. The summed E-state index contributed by atoms with van der Waals surface area (Å²) < 4.78 is 52.1. The molecule has 0 radical (unpaired) electrons. The van der Waals surface area contributed by atoms with E-state index in [1.54, 1.807) is 54.6 Å². The second-order valence-electron chi connectivity index (χ2n) is 7.84. The maximum absolute atomic E-state index is 12.4. The lowest BCUT2D eigenvalue weighted by Crippen LogP contribution is -2.27. The Balaban J connectivity index is 1.27. The summed E-state index contributed by atoms with van der Waals surface area (Å²) in [4.78, 5) is 24.8. The SMILES string of the molecule is Nc1ccccc1NC(=O)c1ccc(OCCNC(=O)c2cc3c(COC(F)(F)F)cccc3o2)cc1. The summed E-state index contributed by atoms with van der Waals surface area (Å²) in [7, 11) is 0. The van der Waals surface area contributed by atoms with Gasteiger partial charge in [-0.25, -0.2) is 0 Å². The van der Waals surface area contributed by atoms with Crippen LogP contribution in [-0.4, -0.2) is 31.3 Å². The summed E-state index contributed by atoms with van der Waals surface area (Å²) in [6.45, 7) is -0.436. The fourth-order valence-electron chi connectivity index (χ4n) is 3.45. The molecular formula is C26H22F3N3O5. The minimum absolute atomic E-state index is 0.0520. The fourth-order valence-corrected chi connectivity index (χ4v) is 3.45. The number of amides is 2. The van der Waals surface area contributed by atoms with Crippen molar-refractivity contribution in [3.8, 4) is 5.75 Å². The number of rotatable bonds is 9. The molecule has 3 aromatic carbocycles. The molecule has 8 nitrogen and oxygen atoms in total. The molecule has 37 heavy (non-hydrogen) atoms. The van der Waals surface area contributed by atoms with Crippen LogP contribution in [0.1, 0.15) is 26.5 Å². The van der Waals surface area contributed by atoms with Crippen molar-refractivity contribution in [2.75, 3.05) is 24.2 Å². The quantitative estimate of drug-likeness (QED) is 0.212. The Labute approximate surface area is 209 Å². The van der Waals surface area contributed by atoms with Crippen LogP contribution in [0.3, 0.4) is 0 Å². The first-order valence-electron chi connectivity index (χ1n) is 11.1. The van der Waals surface area contributed by atoms with Crippen molar-refractivity contribution in [1.29, 1.82) is 0 Å². The maximum Gasteiger partial charge on any atom is 0.522 e. The van der Waals surface area contributed by atoms with Crippen LogP contribution in [0.4, 0.5) is 24.5 Å². The van der Waals surface area contributed by atoms with E-state index in [-0.39, 0.29) is 36.0 Å². The third-order valence-electron chi connectivity index (χ3n) is 5.25. The van der Waals surface area contributed by atoms with Crippen molar-refractivity contribution in [2.24, 2.45) is 0 Å². The van der Waals surface area contributed by atoms with Crippen LogP contribution in [0.15, 0.2) is 77.2 Å². The number of fused-ring (bicyclic) bond motifs is 1. The van der Waals surface area contributed by atoms with Gasteiger partial charge in [-0.05, 0) is 54.1 Å². The number of ether oxygens (including phenoxy) is 2. The molecule has 0 unspecified atom stereocenters. The van der Waals surface area contributed by atoms with Gasteiger partial charge < -0.3 is 25.5 Å². The zero-order valence-corrected chi connectivity index (χ0v) is 19.3. The van der Waals surface area contributed by atoms with Crippen molar-refractivity contribution in [3.05, 3.63) is 89.7 Å². The van der Waals surface area contributed by atoms with Gasteiger partial charge in [0.05, 0.1) is 24.5 Å². The van der Waals surface area contributed by atoms with Gasteiger partial charge in [0, 0.05) is 10.9 Å². The molecule has 0 bridgehead atoms. The van der Waals surface area contributed by atoms with E-state index >= 15 is 0 Å². The van der Waals surface area contributed by atoms with E-state index in [0.29, 0.717) is 28.1 Å². The third-order valence-corrected chi connectivity index (χ3v) is 5.25. The predicted molar refractivity (Wildman–Crippen MR) is 130 cm³/mol. The van der Waals surface area contributed by atoms with Gasteiger partial charge in [-0.15, -0.1) is 13.2 Å². The minimum Gasteiger partial charge on any atom is -0.492 e. The van der Waals surface area contributed by atoms with Gasteiger partial charge in [0.15, 0.2) is 5.76 Å². The normalized spacial score (nSPS) is 11.3. The molecule has 0 fully saturated rings. The highest BCUT2D eigenvalue weighted by atomic mass is 19.4. The summed E-state index contributed by atoms with van der Waals surface area (Å²) in [5.41, 5.74) is 7.72. The summed E-state index contributed by atoms with van der Waals surface area (Å²) >= 11 is 0. The summed E-state index contributed by atoms with van der Waals surface area (Å²) in [5.74, 6) is -0.433. The van der Waals surface area contributed by atoms with E-state index in [4.69, 9.17) is 14.9 Å². The van der Waals surface area contributed by atoms with E-state index in [2.05, 4.69) is 15.4 Å². The number of nitrogen functional groups attached to an aromatic ring is 1. The molecule has 4 aromatic rings. The van der Waals surface area contributed by atoms with Crippen molar-refractivity contribution in [1.82, 2.24) is 5.32 Å². The maximum atomic E-state index is 12.4. The highest BCUT2D eigenvalue weighted by Crippen LogP contribution is 2.26. The summed E-state index contributed by atoms with van der Waals surface area (Å²) in [5, 5.41) is 5.71. The van der Waals surface area contributed by atoms with Gasteiger partial charge in [-0.3, -0.25) is 14.3 Å². The lowest BCUT2D eigenvalue weighted by molar-refractivity contribution is -0.330. The van der Waals surface area contributed by atoms with E-state index in [9.17, 15) is 22.8 Å². The molecule has 4 N–H and O–H groups in total. The number of carbonyl (C=O) groups excluding carboxylic acids is 2. The van der Waals surface area contributed by atoms with Crippen LogP contribution < -0.4 is 21.1 Å². The lowest BCUT2D eigenvalue weighted by Gasteiger charge is -2.09. The number of alkyl halides is 3. The van der Waals surface area contributed by atoms with Crippen molar-refractivity contribution in [3.63, 3.8) is 0 Å². The number of anilines is 2. The number of nitrogens with one attached hydrogen (secondary N) is 2. The van der Waals surface area contributed by atoms with Gasteiger partial charge >= 0.3 is 6.36 Å². The second-order valence-corrected chi connectivity index (χ2v) is 7.84. The van der Waals surface area contributed by atoms with E-state index < -0.39 is 18.9 Å². The van der Waals surface area contributed by atoms with Crippen LogP contribution in [0.5, 0.6) is 5.75 Å². The topological polar surface area (TPSA) is 116 Å². The number of nitrogens with two attached hydrogens (primary N) is 1. The van der Waals surface area contributed by atoms with Crippen molar-refractivity contribution < 1.29 is 36.7 Å². The number of hydrogen-bond donors (Lipinski definition) is 3. The minimum atomic E-state index is -4.77. The fraction of sp³-hybridized carbons (Fsp3) is 0.154. The first-order chi connectivity index (χ1) is 17.7. The molecule has 2 amide bonds. The average Bonchev–Trinajstić information content (AvgIpc) is 3.32. The smallest absolute Gasteiger partial charge is 0.492 e. The molecule has 192 valence electrons. The highest BCUT2D eigenvalue weighted by molar-refractivity contribution is 6.05.